The van der Waals surface area contributed by atoms with Crippen molar-refractivity contribution in [2.45, 2.75) is 102 Å². The Labute approximate surface area is 222 Å². The number of nitrogens with zero attached hydrogens (tertiary/aromatic N) is 2. The van der Waals surface area contributed by atoms with Crippen LogP contribution in [0.4, 0.5) is 0 Å². The summed E-state index contributed by atoms with van der Waals surface area (Å²) in [6.45, 7) is 16.5. The fraction of sp³-hybridized carbons (Fsp3) is 0.759. The van der Waals surface area contributed by atoms with E-state index in [2.05, 4.69) is 13.2 Å². The van der Waals surface area contributed by atoms with Crippen LogP contribution in [0.2, 0.25) is 0 Å². The number of carbonyl (C=O) groups excluding carboxylic acids is 3. The first-order chi connectivity index (χ1) is 17.5. The van der Waals surface area contributed by atoms with Gasteiger partial charge in [-0.15, -0.1) is 13.2 Å². The number of ether oxygens (including phenoxy) is 2. The number of fused-ring (bicyclic) bond motifs is 1. The van der Waals surface area contributed by atoms with Crippen LogP contribution in [-0.2, 0) is 23.9 Å². The summed E-state index contributed by atoms with van der Waals surface area (Å²) < 4.78 is 12.4. The Bertz CT molecular complexity index is 882. The second-order valence-corrected chi connectivity index (χ2v) is 11.7. The highest BCUT2D eigenvalue weighted by molar-refractivity contribution is 5.98. The molecule has 0 aromatic heterocycles. The van der Waals surface area contributed by atoms with E-state index in [-0.39, 0.29) is 25.0 Å². The van der Waals surface area contributed by atoms with Crippen molar-refractivity contribution in [3.8, 4) is 0 Å². The number of hydrogen-bond acceptors (Lipinski definition) is 6. The van der Waals surface area contributed by atoms with Gasteiger partial charge in [-0.2, -0.15) is 0 Å². The molecule has 0 aliphatic carbocycles. The van der Waals surface area contributed by atoms with E-state index >= 15 is 0 Å². The molecule has 0 aromatic rings. The van der Waals surface area contributed by atoms with Gasteiger partial charge in [-0.1, -0.05) is 31.9 Å². The highest BCUT2D eigenvalue weighted by Crippen LogP contribution is 2.64. The standard InChI is InChI=1S/C29H46N2O6/c1-7-10-20-36-26(35)22-21-24(33)30(18-13-11-12-14-19-32)23(25(34)31(17-8-2)27(4,5)6)29(21)16-15-28(22,9-3)37-29/h7-8,21-23,32H,1-2,9-20H2,3-6H3/t21-,22-,23?,28+,29?/m0/s1. The Hall–Kier alpha value is -2.19. The Balaban J connectivity index is 2.02. The molecule has 2 amide bonds. The van der Waals surface area contributed by atoms with E-state index in [0.29, 0.717) is 51.6 Å². The average molecular weight is 519 g/mol. The number of carbonyl (C=O) groups is 3. The lowest BCUT2D eigenvalue weighted by Gasteiger charge is -2.42. The van der Waals surface area contributed by atoms with Gasteiger partial charge in [-0.3, -0.25) is 14.4 Å². The maximum atomic E-state index is 14.3. The minimum atomic E-state index is -1.05. The fourth-order valence-corrected chi connectivity index (χ4v) is 6.65. The molecule has 2 unspecified atom stereocenters. The minimum absolute atomic E-state index is 0.139. The molecule has 8 nitrogen and oxygen atoms in total. The number of aliphatic hydroxyl groups is 1. The first kappa shape index (κ1) is 29.4. The summed E-state index contributed by atoms with van der Waals surface area (Å²) in [6.07, 6.45) is 8.77. The van der Waals surface area contributed by atoms with Crippen molar-refractivity contribution in [3.05, 3.63) is 25.3 Å². The first-order valence-corrected chi connectivity index (χ1v) is 13.9. The third-order valence-corrected chi connectivity index (χ3v) is 8.43. The molecule has 0 saturated carbocycles. The lowest BCUT2D eigenvalue weighted by molar-refractivity contribution is -0.162. The summed E-state index contributed by atoms with van der Waals surface area (Å²) in [4.78, 5) is 45.3. The molecule has 5 atom stereocenters. The molecule has 3 heterocycles. The van der Waals surface area contributed by atoms with E-state index in [9.17, 15) is 14.4 Å². The van der Waals surface area contributed by atoms with Gasteiger partial charge in [0.15, 0.2) is 0 Å². The van der Waals surface area contributed by atoms with Crippen molar-refractivity contribution in [1.29, 1.82) is 0 Å². The molecule has 8 heteroatoms. The molecule has 3 aliphatic rings. The first-order valence-electron chi connectivity index (χ1n) is 13.9. The van der Waals surface area contributed by atoms with Gasteiger partial charge >= 0.3 is 5.97 Å². The van der Waals surface area contributed by atoms with E-state index in [1.54, 1.807) is 22.0 Å². The van der Waals surface area contributed by atoms with Crippen LogP contribution in [0.25, 0.3) is 0 Å². The number of hydrogen-bond donors (Lipinski definition) is 1. The second kappa shape index (κ2) is 11.7. The van der Waals surface area contributed by atoms with Crippen molar-refractivity contribution in [2.24, 2.45) is 11.8 Å². The summed E-state index contributed by atoms with van der Waals surface area (Å²) in [5.41, 5.74) is -2.34. The van der Waals surface area contributed by atoms with Gasteiger partial charge in [0.1, 0.15) is 17.6 Å². The summed E-state index contributed by atoms with van der Waals surface area (Å²) in [6, 6.07) is -0.804. The molecule has 3 aliphatic heterocycles. The molecular weight excluding hydrogens is 472 g/mol. The number of likely N-dealkylation sites (tertiary alicyclic amines) is 1. The number of amides is 2. The third kappa shape index (κ3) is 5.24. The van der Waals surface area contributed by atoms with Gasteiger partial charge in [-0.25, -0.2) is 0 Å². The molecule has 1 N–H and O–H groups in total. The average Bonchev–Trinajstić information content (AvgIpc) is 3.45. The lowest BCUT2D eigenvalue weighted by atomic mass is 9.65. The van der Waals surface area contributed by atoms with Crippen LogP contribution in [-0.4, -0.2) is 81.8 Å². The van der Waals surface area contributed by atoms with Crippen LogP contribution in [0.3, 0.4) is 0 Å². The van der Waals surface area contributed by atoms with Crippen LogP contribution in [0.5, 0.6) is 0 Å². The van der Waals surface area contributed by atoms with Crippen molar-refractivity contribution in [1.82, 2.24) is 9.80 Å². The van der Waals surface area contributed by atoms with Crippen molar-refractivity contribution in [3.63, 3.8) is 0 Å². The van der Waals surface area contributed by atoms with Gasteiger partial charge in [0.25, 0.3) is 0 Å². The van der Waals surface area contributed by atoms with Gasteiger partial charge in [-0.05, 0) is 59.3 Å². The van der Waals surface area contributed by atoms with E-state index in [1.807, 2.05) is 27.7 Å². The van der Waals surface area contributed by atoms with Gasteiger partial charge in [0.05, 0.1) is 18.1 Å². The minimum Gasteiger partial charge on any atom is -0.465 e. The predicted molar refractivity (Wildman–Crippen MR) is 142 cm³/mol. The van der Waals surface area contributed by atoms with Crippen LogP contribution >= 0.6 is 0 Å². The fourth-order valence-electron chi connectivity index (χ4n) is 6.65. The number of unbranched alkanes of at least 4 members (excludes halogenated alkanes) is 3. The van der Waals surface area contributed by atoms with Crippen LogP contribution in [0, 0.1) is 11.8 Å². The number of rotatable bonds is 14. The summed E-state index contributed by atoms with van der Waals surface area (Å²) in [5.74, 6) is -2.24. The van der Waals surface area contributed by atoms with E-state index in [1.165, 1.54) is 0 Å². The molecule has 3 rings (SSSR count). The Morgan fingerprint density at radius 3 is 2.49 bits per heavy atom. The largest absolute Gasteiger partial charge is 0.465 e. The maximum Gasteiger partial charge on any atom is 0.312 e. The van der Waals surface area contributed by atoms with E-state index in [4.69, 9.17) is 14.6 Å². The highest BCUT2D eigenvalue weighted by Gasteiger charge is 2.79. The molecule has 3 fully saturated rings. The van der Waals surface area contributed by atoms with Gasteiger partial charge in [0, 0.05) is 25.2 Å². The zero-order chi connectivity index (χ0) is 27.4. The van der Waals surface area contributed by atoms with Crippen LogP contribution in [0.1, 0.15) is 79.1 Å². The van der Waals surface area contributed by atoms with Crippen molar-refractivity contribution < 1.29 is 29.0 Å². The summed E-state index contributed by atoms with van der Waals surface area (Å²) >= 11 is 0. The third-order valence-electron chi connectivity index (χ3n) is 8.43. The van der Waals surface area contributed by atoms with E-state index < -0.39 is 40.6 Å². The highest BCUT2D eigenvalue weighted by atomic mass is 16.6. The summed E-state index contributed by atoms with van der Waals surface area (Å²) in [5, 5.41) is 9.12. The number of esters is 1. The second-order valence-electron chi connectivity index (χ2n) is 11.7. The molecule has 0 aromatic carbocycles. The monoisotopic (exact) mass is 518 g/mol. The molecule has 2 bridgehead atoms. The maximum absolute atomic E-state index is 14.3. The molecule has 37 heavy (non-hydrogen) atoms. The Morgan fingerprint density at radius 2 is 1.89 bits per heavy atom. The number of aliphatic hydroxyl groups excluding tert-OH is 1. The Kier molecular flexibility index (Phi) is 9.27. The summed E-state index contributed by atoms with van der Waals surface area (Å²) in [7, 11) is 0. The SMILES string of the molecule is C=CCCOC(=O)[C@@H]1[C@H]2C(=O)N(CCCCCCO)C(C(=O)N(CC=C)C(C)(C)C)C23CC[C@@]1(CC)O3. The smallest absolute Gasteiger partial charge is 0.312 e. The van der Waals surface area contributed by atoms with Crippen LogP contribution in [0.15, 0.2) is 25.3 Å². The van der Waals surface area contributed by atoms with Crippen molar-refractivity contribution in [2.75, 3.05) is 26.3 Å². The molecule has 208 valence electrons. The van der Waals surface area contributed by atoms with E-state index in [0.717, 1.165) is 12.8 Å². The van der Waals surface area contributed by atoms with Crippen molar-refractivity contribution >= 4 is 17.8 Å². The van der Waals surface area contributed by atoms with Gasteiger partial charge in [0.2, 0.25) is 11.8 Å². The van der Waals surface area contributed by atoms with Crippen LogP contribution < -0.4 is 0 Å². The molecular formula is C29H46N2O6. The zero-order valence-corrected chi connectivity index (χ0v) is 23.2. The zero-order valence-electron chi connectivity index (χ0n) is 23.2. The Morgan fingerprint density at radius 1 is 1.19 bits per heavy atom. The van der Waals surface area contributed by atoms with Gasteiger partial charge < -0.3 is 24.4 Å². The topological polar surface area (TPSA) is 96.4 Å². The normalized spacial score (nSPS) is 30.4. The molecule has 1 spiro atoms. The molecule has 3 saturated heterocycles. The quantitative estimate of drug-likeness (QED) is 0.214. The molecule has 0 radical (unpaired) electrons. The lowest BCUT2D eigenvalue weighted by Crippen LogP contribution is -2.60. The predicted octanol–water partition coefficient (Wildman–Crippen LogP) is 3.63.